The molecule has 0 aliphatic carbocycles. The second-order valence-corrected chi connectivity index (χ2v) is 6.02. The van der Waals surface area contributed by atoms with Gasteiger partial charge in [-0.1, -0.05) is 18.2 Å². The van der Waals surface area contributed by atoms with Gasteiger partial charge in [0.2, 0.25) is 0 Å². The molecular formula is C19H17NO3S. The molecule has 0 radical (unpaired) electrons. The van der Waals surface area contributed by atoms with E-state index in [0.29, 0.717) is 12.8 Å². The molecule has 3 aromatic rings. The van der Waals surface area contributed by atoms with Crippen molar-refractivity contribution in [1.29, 1.82) is 0 Å². The quantitative estimate of drug-likeness (QED) is 0.610. The number of methoxy groups -OCH3 is 1. The third-order valence-electron chi connectivity index (χ3n) is 3.44. The maximum atomic E-state index is 11.2. The molecule has 4 nitrogen and oxygen atoms in total. The minimum absolute atomic E-state index is 0.216. The second kappa shape index (κ2) is 7.75. The smallest absolute Gasteiger partial charge is 0.305 e. The summed E-state index contributed by atoms with van der Waals surface area (Å²) >= 11 is 1.57. The van der Waals surface area contributed by atoms with Crippen molar-refractivity contribution in [3.63, 3.8) is 0 Å². The van der Waals surface area contributed by atoms with Crippen LogP contribution in [-0.4, -0.2) is 18.1 Å². The van der Waals surface area contributed by atoms with Gasteiger partial charge in [0, 0.05) is 17.4 Å². The van der Waals surface area contributed by atoms with Crippen LogP contribution in [0, 0.1) is 0 Å². The third-order valence-corrected chi connectivity index (χ3v) is 4.39. The van der Waals surface area contributed by atoms with Gasteiger partial charge in [-0.3, -0.25) is 4.79 Å². The maximum Gasteiger partial charge on any atom is 0.305 e. The molecule has 0 aliphatic rings. The number of para-hydroxylation sites is 1. The monoisotopic (exact) mass is 339 g/mol. The zero-order chi connectivity index (χ0) is 16.8. The average molecular weight is 339 g/mol. The SMILES string of the molecule is COC(=O)CCc1csc(-c2ccc(Oc3ccccc3)cc2)n1. The Labute approximate surface area is 144 Å². The van der Waals surface area contributed by atoms with Crippen LogP contribution in [0.4, 0.5) is 0 Å². The Hall–Kier alpha value is -2.66. The lowest BCUT2D eigenvalue weighted by Crippen LogP contribution is -2.01. The minimum Gasteiger partial charge on any atom is -0.469 e. The molecule has 0 amide bonds. The Balaban J connectivity index is 1.65. The minimum atomic E-state index is -0.216. The number of nitrogens with zero attached hydrogens (tertiary/aromatic N) is 1. The molecule has 0 bridgehead atoms. The van der Waals surface area contributed by atoms with Crippen LogP contribution in [0.5, 0.6) is 11.5 Å². The number of benzene rings is 2. The fourth-order valence-corrected chi connectivity index (χ4v) is 3.04. The Morgan fingerprint density at radius 3 is 2.46 bits per heavy atom. The lowest BCUT2D eigenvalue weighted by Gasteiger charge is -2.05. The first-order valence-electron chi connectivity index (χ1n) is 7.59. The Morgan fingerprint density at radius 1 is 1.04 bits per heavy atom. The lowest BCUT2D eigenvalue weighted by atomic mass is 10.2. The van der Waals surface area contributed by atoms with Gasteiger partial charge < -0.3 is 9.47 Å². The molecule has 0 aliphatic heterocycles. The number of aryl methyl sites for hydroxylation is 1. The molecule has 3 rings (SSSR count). The van der Waals surface area contributed by atoms with Crippen molar-refractivity contribution in [2.75, 3.05) is 7.11 Å². The van der Waals surface area contributed by atoms with E-state index in [1.807, 2.05) is 60.0 Å². The summed E-state index contributed by atoms with van der Waals surface area (Å²) in [6.45, 7) is 0. The fraction of sp³-hybridized carbons (Fsp3) is 0.158. The van der Waals surface area contributed by atoms with E-state index in [-0.39, 0.29) is 5.97 Å². The van der Waals surface area contributed by atoms with Crippen LogP contribution < -0.4 is 4.74 Å². The van der Waals surface area contributed by atoms with Crippen molar-refractivity contribution in [2.24, 2.45) is 0 Å². The predicted octanol–water partition coefficient (Wildman–Crippen LogP) is 4.71. The molecule has 2 aromatic carbocycles. The van der Waals surface area contributed by atoms with E-state index < -0.39 is 0 Å². The number of aromatic nitrogens is 1. The van der Waals surface area contributed by atoms with Crippen molar-refractivity contribution in [2.45, 2.75) is 12.8 Å². The Bertz CT molecular complexity index is 797. The van der Waals surface area contributed by atoms with E-state index in [0.717, 1.165) is 27.8 Å². The zero-order valence-electron chi connectivity index (χ0n) is 13.3. The molecule has 0 saturated carbocycles. The van der Waals surface area contributed by atoms with Gasteiger partial charge in [-0.05, 0) is 36.4 Å². The van der Waals surface area contributed by atoms with Crippen molar-refractivity contribution >= 4 is 17.3 Å². The summed E-state index contributed by atoms with van der Waals surface area (Å²) < 4.78 is 10.4. The van der Waals surface area contributed by atoms with E-state index in [1.165, 1.54) is 7.11 Å². The number of hydrogen-bond donors (Lipinski definition) is 0. The molecule has 5 heteroatoms. The van der Waals surface area contributed by atoms with Gasteiger partial charge >= 0.3 is 5.97 Å². The summed E-state index contributed by atoms with van der Waals surface area (Å²) in [5, 5.41) is 2.91. The van der Waals surface area contributed by atoms with Crippen LogP contribution in [-0.2, 0) is 16.0 Å². The van der Waals surface area contributed by atoms with Gasteiger partial charge in [0.05, 0.1) is 19.2 Å². The molecule has 0 spiro atoms. The van der Waals surface area contributed by atoms with Gasteiger partial charge in [0.25, 0.3) is 0 Å². The molecule has 1 aromatic heterocycles. The lowest BCUT2D eigenvalue weighted by molar-refractivity contribution is -0.140. The normalized spacial score (nSPS) is 10.4. The van der Waals surface area contributed by atoms with E-state index >= 15 is 0 Å². The molecule has 122 valence electrons. The molecule has 0 unspecified atom stereocenters. The average Bonchev–Trinajstić information content (AvgIpc) is 3.10. The number of thiazole rings is 1. The van der Waals surface area contributed by atoms with E-state index in [9.17, 15) is 4.79 Å². The summed E-state index contributed by atoms with van der Waals surface area (Å²) in [5.74, 6) is 1.38. The number of rotatable bonds is 6. The van der Waals surface area contributed by atoms with Gasteiger partial charge in [-0.25, -0.2) is 4.98 Å². The van der Waals surface area contributed by atoms with E-state index in [1.54, 1.807) is 11.3 Å². The Morgan fingerprint density at radius 2 is 1.75 bits per heavy atom. The van der Waals surface area contributed by atoms with Crippen LogP contribution in [0.1, 0.15) is 12.1 Å². The highest BCUT2D eigenvalue weighted by Crippen LogP contribution is 2.28. The molecule has 0 N–H and O–H groups in total. The number of carbonyl (C=O) groups is 1. The van der Waals surface area contributed by atoms with Gasteiger partial charge in [-0.15, -0.1) is 11.3 Å². The summed E-state index contributed by atoms with van der Waals surface area (Å²) in [6, 6.07) is 17.5. The van der Waals surface area contributed by atoms with Gasteiger partial charge in [-0.2, -0.15) is 0 Å². The summed E-state index contributed by atoms with van der Waals surface area (Å²) in [7, 11) is 1.40. The highest BCUT2D eigenvalue weighted by molar-refractivity contribution is 7.13. The Kier molecular flexibility index (Phi) is 5.23. The van der Waals surface area contributed by atoms with Crippen LogP contribution in [0.25, 0.3) is 10.6 Å². The standard InChI is InChI=1S/C19H17NO3S/c1-22-18(21)12-9-15-13-24-19(20-15)14-7-10-17(11-8-14)23-16-5-3-2-4-6-16/h2-8,10-11,13H,9,12H2,1H3. The number of carbonyl (C=O) groups excluding carboxylic acids is 1. The topological polar surface area (TPSA) is 48.4 Å². The van der Waals surface area contributed by atoms with Crippen molar-refractivity contribution in [3.05, 3.63) is 65.7 Å². The van der Waals surface area contributed by atoms with Crippen molar-refractivity contribution < 1.29 is 14.3 Å². The van der Waals surface area contributed by atoms with E-state index in [4.69, 9.17) is 4.74 Å². The highest BCUT2D eigenvalue weighted by Gasteiger charge is 2.08. The third kappa shape index (κ3) is 4.20. The van der Waals surface area contributed by atoms with Crippen molar-refractivity contribution in [3.8, 4) is 22.1 Å². The zero-order valence-corrected chi connectivity index (χ0v) is 14.1. The van der Waals surface area contributed by atoms with Gasteiger partial charge in [0.15, 0.2) is 0 Å². The molecule has 0 fully saturated rings. The first-order valence-corrected chi connectivity index (χ1v) is 8.47. The largest absolute Gasteiger partial charge is 0.469 e. The summed E-state index contributed by atoms with van der Waals surface area (Å²) in [6.07, 6.45) is 0.946. The molecule has 0 saturated heterocycles. The molecule has 0 atom stereocenters. The molecular weight excluding hydrogens is 322 g/mol. The van der Waals surface area contributed by atoms with Crippen molar-refractivity contribution in [1.82, 2.24) is 4.98 Å². The van der Waals surface area contributed by atoms with Gasteiger partial charge in [0.1, 0.15) is 16.5 Å². The fourth-order valence-electron chi connectivity index (χ4n) is 2.18. The summed E-state index contributed by atoms with van der Waals surface area (Å²) in [5.41, 5.74) is 1.94. The van der Waals surface area contributed by atoms with E-state index in [2.05, 4.69) is 9.72 Å². The number of esters is 1. The van der Waals surface area contributed by atoms with Crippen LogP contribution in [0.15, 0.2) is 60.0 Å². The van der Waals surface area contributed by atoms with Crippen LogP contribution in [0.3, 0.4) is 0 Å². The number of ether oxygens (including phenoxy) is 2. The molecule has 1 heterocycles. The first kappa shape index (κ1) is 16.2. The maximum absolute atomic E-state index is 11.2. The first-order chi connectivity index (χ1) is 11.7. The second-order valence-electron chi connectivity index (χ2n) is 5.16. The predicted molar refractivity (Wildman–Crippen MR) is 94.4 cm³/mol. The van der Waals surface area contributed by atoms with Crippen LogP contribution in [0.2, 0.25) is 0 Å². The highest BCUT2D eigenvalue weighted by atomic mass is 32.1. The number of hydrogen-bond acceptors (Lipinski definition) is 5. The molecule has 24 heavy (non-hydrogen) atoms. The van der Waals surface area contributed by atoms with Crippen LogP contribution >= 0.6 is 11.3 Å². The summed E-state index contributed by atoms with van der Waals surface area (Å²) in [4.78, 5) is 15.8.